The van der Waals surface area contributed by atoms with Crippen LogP contribution in [0.5, 0.6) is 0 Å². The fraction of sp³-hybridized carbons (Fsp3) is 0.364. The highest BCUT2D eigenvalue weighted by Crippen LogP contribution is 2.27. The van der Waals surface area contributed by atoms with Crippen molar-refractivity contribution in [2.24, 2.45) is 0 Å². The van der Waals surface area contributed by atoms with Gasteiger partial charge in [0, 0.05) is 18.7 Å². The normalized spacial score (nSPS) is 13.4. The van der Waals surface area contributed by atoms with Gasteiger partial charge < -0.3 is 10.4 Å². The fourth-order valence-corrected chi connectivity index (χ4v) is 1.86. The van der Waals surface area contributed by atoms with Crippen LogP contribution in [0.25, 0.3) is 0 Å². The Kier molecular flexibility index (Phi) is 2.39. The zero-order valence-corrected chi connectivity index (χ0v) is 7.92. The molecule has 1 heterocycles. The van der Waals surface area contributed by atoms with Gasteiger partial charge in [-0.1, -0.05) is 18.2 Å². The minimum atomic E-state index is -0.736. The van der Waals surface area contributed by atoms with Crippen molar-refractivity contribution >= 4 is 11.7 Å². The minimum Gasteiger partial charge on any atom is -0.481 e. The van der Waals surface area contributed by atoms with Gasteiger partial charge in [-0.3, -0.25) is 4.79 Å². The number of aryl methyl sites for hydroxylation is 1. The molecule has 1 aliphatic heterocycles. The van der Waals surface area contributed by atoms with E-state index in [1.54, 1.807) is 0 Å². The third-order valence-electron chi connectivity index (χ3n) is 2.54. The molecule has 0 saturated carbocycles. The molecule has 2 N–H and O–H groups in total. The zero-order valence-electron chi connectivity index (χ0n) is 7.92. The Bertz CT molecular complexity index is 360. The summed E-state index contributed by atoms with van der Waals surface area (Å²) in [5.74, 6) is -0.736. The van der Waals surface area contributed by atoms with Crippen LogP contribution in [0.4, 0.5) is 5.69 Å². The number of carbonyl (C=O) groups is 1. The Hall–Kier alpha value is -1.51. The number of rotatable bonds is 3. The van der Waals surface area contributed by atoms with Crippen molar-refractivity contribution in [2.75, 3.05) is 11.9 Å². The average molecular weight is 191 g/mol. The summed E-state index contributed by atoms with van der Waals surface area (Å²) >= 11 is 0. The SMILES string of the molecule is O=C(O)CCc1cccc2c1NCC2. The quantitative estimate of drug-likeness (QED) is 0.764. The molecular formula is C11H13NO2. The largest absolute Gasteiger partial charge is 0.481 e. The molecule has 0 bridgehead atoms. The summed E-state index contributed by atoms with van der Waals surface area (Å²) in [6.45, 7) is 0.972. The molecule has 0 atom stereocenters. The number of hydrogen-bond donors (Lipinski definition) is 2. The van der Waals surface area contributed by atoms with Crippen LogP contribution in [0.15, 0.2) is 18.2 Å². The summed E-state index contributed by atoms with van der Waals surface area (Å²) in [7, 11) is 0. The number of anilines is 1. The molecule has 3 nitrogen and oxygen atoms in total. The molecule has 1 aromatic rings. The molecule has 0 aromatic heterocycles. The first-order valence-electron chi connectivity index (χ1n) is 4.84. The number of para-hydroxylation sites is 1. The molecule has 1 aliphatic rings. The van der Waals surface area contributed by atoms with Crippen molar-refractivity contribution in [3.05, 3.63) is 29.3 Å². The first-order valence-corrected chi connectivity index (χ1v) is 4.84. The van der Waals surface area contributed by atoms with Gasteiger partial charge in [-0.25, -0.2) is 0 Å². The van der Waals surface area contributed by atoms with Gasteiger partial charge in [0.15, 0.2) is 0 Å². The number of fused-ring (bicyclic) bond motifs is 1. The number of hydrogen-bond acceptors (Lipinski definition) is 2. The van der Waals surface area contributed by atoms with E-state index in [4.69, 9.17) is 5.11 Å². The molecule has 1 aromatic carbocycles. The van der Waals surface area contributed by atoms with Crippen LogP contribution in [-0.4, -0.2) is 17.6 Å². The van der Waals surface area contributed by atoms with Gasteiger partial charge in [-0.05, 0) is 24.0 Å². The van der Waals surface area contributed by atoms with E-state index in [0.29, 0.717) is 6.42 Å². The Labute approximate surface area is 82.8 Å². The lowest BCUT2D eigenvalue weighted by Crippen LogP contribution is -2.00. The number of benzene rings is 1. The number of carboxylic acids is 1. The maximum atomic E-state index is 10.5. The maximum absolute atomic E-state index is 10.5. The van der Waals surface area contributed by atoms with Crippen molar-refractivity contribution in [3.63, 3.8) is 0 Å². The van der Waals surface area contributed by atoms with E-state index >= 15 is 0 Å². The summed E-state index contributed by atoms with van der Waals surface area (Å²) in [4.78, 5) is 10.5. The van der Waals surface area contributed by atoms with E-state index in [1.807, 2.05) is 12.1 Å². The fourth-order valence-electron chi connectivity index (χ4n) is 1.86. The van der Waals surface area contributed by atoms with Crippen LogP contribution in [-0.2, 0) is 17.6 Å². The average Bonchev–Trinajstić information content (AvgIpc) is 2.62. The second-order valence-electron chi connectivity index (χ2n) is 3.52. The highest BCUT2D eigenvalue weighted by atomic mass is 16.4. The van der Waals surface area contributed by atoms with Gasteiger partial charge in [0.05, 0.1) is 0 Å². The lowest BCUT2D eigenvalue weighted by molar-refractivity contribution is -0.136. The highest BCUT2D eigenvalue weighted by Gasteiger charge is 2.13. The molecule has 0 unspecified atom stereocenters. The van der Waals surface area contributed by atoms with Crippen LogP contribution >= 0.6 is 0 Å². The lowest BCUT2D eigenvalue weighted by Gasteiger charge is -2.06. The third-order valence-corrected chi connectivity index (χ3v) is 2.54. The van der Waals surface area contributed by atoms with Gasteiger partial charge >= 0.3 is 5.97 Å². The zero-order chi connectivity index (χ0) is 9.97. The number of nitrogens with one attached hydrogen (secondary N) is 1. The van der Waals surface area contributed by atoms with E-state index < -0.39 is 5.97 Å². The molecule has 0 radical (unpaired) electrons. The monoisotopic (exact) mass is 191 g/mol. The maximum Gasteiger partial charge on any atom is 0.303 e. The Balaban J connectivity index is 2.17. The predicted octanol–water partition coefficient (Wildman–Crippen LogP) is 1.67. The molecule has 3 heteroatoms. The van der Waals surface area contributed by atoms with Crippen molar-refractivity contribution in [3.8, 4) is 0 Å². The van der Waals surface area contributed by atoms with Crippen LogP contribution in [0, 0.1) is 0 Å². The molecular weight excluding hydrogens is 178 g/mol. The van der Waals surface area contributed by atoms with E-state index in [9.17, 15) is 4.79 Å². The summed E-state index contributed by atoms with van der Waals surface area (Å²) in [6.07, 6.45) is 1.87. The van der Waals surface area contributed by atoms with Gasteiger partial charge in [0.1, 0.15) is 0 Å². The Morgan fingerprint density at radius 1 is 1.50 bits per heavy atom. The molecule has 2 rings (SSSR count). The summed E-state index contributed by atoms with van der Waals surface area (Å²) in [5.41, 5.74) is 3.60. The Morgan fingerprint density at radius 2 is 2.36 bits per heavy atom. The van der Waals surface area contributed by atoms with Crippen LogP contribution in [0.1, 0.15) is 17.5 Å². The van der Waals surface area contributed by atoms with Crippen molar-refractivity contribution < 1.29 is 9.90 Å². The summed E-state index contributed by atoms with van der Waals surface area (Å²) in [6, 6.07) is 6.10. The topological polar surface area (TPSA) is 49.3 Å². The first kappa shape index (κ1) is 9.06. The van der Waals surface area contributed by atoms with Crippen LogP contribution < -0.4 is 5.32 Å². The second kappa shape index (κ2) is 3.70. The first-order chi connectivity index (χ1) is 6.77. The van der Waals surface area contributed by atoms with Crippen molar-refractivity contribution in [1.82, 2.24) is 0 Å². The lowest BCUT2D eigenvalue weighted by atomic mass is 10.0. The molecule has 0 fully saturated rings. The highest BCUT2D eigenvalue weighted by molar-refractivity contribution is 5.68. The smallest absolute Gasteiger partial charge is 0.303 e. The van der Waals surface area contributed by atoms with E-state index in [-0.39, 0.29) is 6.42 Å². The molecule has 74 valence electrons. The molecule has 14 heavy (non-hydrogen) atoms. The van der Waals surface area contributed by atoms with E-state index in [2.05, 4.69) is 11.4 Å². The predicted molar refractivity (Wildman–Crippen MR) is 54.6 cm³/mol. The molecule has 0 saturated heterocycles. The van der Waals surface area contributed by atoms with Crippen molar-refractivity contribution in [1.29, 1.82) is 0 Å². The third kappa shape index (κ3) is 1.71. The Morgan fingerprint density at radius 3 is 3.14 bits per heavy atom. The van der Waals surface area contributed by atoms with Crippen molar-refractivity contribution in [2.45, 2.75) is 19.3 Å². The summed E-state index contributed by atoms with van der Waals surface area (Å²) < 4.78 is 0. The van der Waals surface area contributed by atoms with Crippen LogP contribution in [0.3, 0.4) is 0 Å². The van der Waals surface area contributed by atoms with E-state index in [1.165, 1.54) is 5.56 Å². The van der Waals surface area contributed by atoms with Gasteiger partial charge in [0.25, 0.3) is 0 Å². The molecule has 0 amide bonds. The number of carboxylic acid groups (broad SMARTS) is 1. The second-order valence-corrected chi connectivity index (χ2v) is 3.52. The minimum absolute atomic E-state index is 0.206. The van der Waals surface area contributed by atoms with E-state index in [0.717, 1.165) is 24.2 Å². The standard InChI is InChI=1S/C11H13NO2/c13-10(14)5-4-8-2-1-3-9-6-7-12-11(8)9/h1-3,12H,4-7H2,(H,13,14). The molecule has 0 aliphatic carbocycles. The number of aliphatic carboxylic acids is 1. The summed E-state index contributed by atoms with van der Waals surface area (Å²) in [5, 5.41) is 11.9. The molecule has 0 spiro atoms. The van der Waals surface area contributed by atoms with Gasteiger partial charge in [-0.2, -0.15) is 0 Å². The van der Waals surface area contributed by atoms with Gasteiger partial charge in [0.2, 0.25) is 0 Å². The van der Waals surface area contributed by atoms with Gasteiger partial charge in [-0.15, -0.1) is 0 Å². The van der Waals surface area contributed by atoms with Crippen LogP contribution in [0.2, 0.25) is 0 Å².